The fourth-order valence-corrected chi connectivity index (χ4v) is 10.0. The van der Waals surface area contributed by atoms with Crippen LogP contribution in [-0.2, 0) is 0 Å². The van der Waals surface area contributed by atoms with Gasteiger partial charge in [0.05, 0.1) is 16.7 Å². The predicted octanol–water partition coefficient (Wildman–Crippen LogP) is 15.6. The summed E-state index contributed by atoms with van der Waals surface area (Å²) in [5, 5.41) is 7.42. The lowest BCUT2D eigenvalue weighted by Gasteiger charge is -2.33. The van der Waals surface area contributed by atoms with Crippen LogP contribution in [0.25, 0.3) is 71.8 Å². The largest absolute Gasteiger partial charge is 0.310 e. The number of hydrogen-bond donors (Lipinski definition) is 0. The van der Waals surface area contributed by atoms with E-state index in [1.165, 1.54) is 76.7 Å². The minimum atomic E-state index is 0.301. The van der Waals surface area contributed by atoms with E-state index in [1.807, 2.05) is 0 Å². The smallest absolute Gasteiger partial charge is 0.0619 e. The van der Waals surface area contributed by atoms with Crippen LogP contribution >= 0.6 is 0 Å². The molecule has 282 valence electrons. The number of fused-ring (bicyclic) bond motifs is 9. The summed E-state index contributed by atoms with van der Waals surface area (Å²) in [6.07, 6.45) is 11.5. The average molecular weight is 765 g/mol. The van der Waals surface area contributed by atoms with Gasteiger partial charge in [-0.25, -0.2) is 0 Å². The number of rotatable bonds is 6. The Labute approximate surface area is 349 Å². The van der Waals surface area contributed by atoms with Crippen LogP contribution in [0.3, 0.4) is 0 Å². The summed E-state index contributed by atoms with van der Waals surface area (Å²) in [7, 11) is 0. The van der Waals surface area contributed by atoms with E-state index in [0.717, 1.165) is 22.7 Å². The lowest BCUT2D eigenvalue weighted by Crippen LogP contribution is -2.17. The molecule has 0 saturated carbocycles. The first-order valence-electron chi connectivity index (χ1n) is 20.9. The van der Waals surface area contributed by atoms with Gasteiger partial charge in [0.15, 0.2) is 0 Å². The van der Waals surface area contributed by atoms with Gasteiger partial charge >= 0.3 is 0 Å². The molecule has 2 aliphatic carbocycles. The van der Waals surface area contributed by atoms with Crippen LogP contribution in [0.15, 0.2) is 224 Å². The fourth-order valence-electron chi connectivity index (χ4n) is 10.0. The van der Waals surface area contributed by atoms with E-state index in [0.29, 0.717) is 11.8 Å². The summed E-state index contributed by atoms with van der Waals surface area (Å²) in [4.78, 5) is 2.44. The molecule has 12 rings (SSSR count). The normalized spacial score (nSPS) is 15.6. The summed E-state index contributed by atoms with van der Waals surface area (Å²) >= 11 is 0. The molecule has 2 aliphatic rings. The third-order valence-electron chi connectivity index (χ3n) is 12.7. The van der Waals surface area contributed by atoms with Crippen LogP contribution in [0.4, 0.5) is 17.1 Å². The molecule has 0 spiro atoms. The molecule has 0 fully saturated rings. The Hall–Kier alpha value is -7.68. The van der Waals surface area contributed by atoms with Crippen LogP contribution in [0.5, 0.6) is 0 Å². The van der Waals surface area contributed by atoms with E-state index in [9.17, 15) is 0 Å². The molecule has 2 heteroatoms. The molecule has 0 amide bonds. The molecule has 2 atom stereocenters. The van der Waals surface area contributed by atoms with Gasteiger partial charge in [0.25, 0.3) is 0 Å². The standard InChI is InChI=1S/C58H40N2/c1-2-20-44(21-3-1)60-56-30-14-28-49(57(56)53-36-33-40-16-5-9-25-50(40)58(53)60)42-19-12-22-46(37-42)59(55-29-13-18-39-15-4-8-24-48(39)55)45-34-31-41(32-35-45)54-38-43-17-6-7-23-47(43)51-26-10-11-27-52(51)54/h1-38,51-52H. The maximum absolute atomic E-state index is 2.45. The summed E-state index contributed by atoms with van der Waals surface area (Å²) in [6, 6.07) is 73.5. The molecule has 10 aromatic rings. The Morgan fingerprint density at radius 1 is 0.450 bits per heavy atom. The molecular formula is C58H40N2. The quantitative estimate of drug-likeness (QED) is 0.164. The predicted molar refractivity (Wildman–Crippen MR) is 255 cm³/mol. The van der Waals surface area contributed by atoms with Crippen molar-refractivity contribution >= 4 is 72.1 Å². The van der Waals surface area contributed by atoms with Gasteiger partial charge in [-0.1, -0.05) is 182 Å². The minimum absolute atomic E-state index is 0.301. The second-order valence-electron chi connectivity index (χ2n) is 16.0. The Bertz CT molecular complexity index is 3380. The Morgan fingerprint density at radius 3 is 2.02 bits per heavy atom. The van der Waals surface area contributed by atoms with E-state index in [-0.39, 0.29) is 0 Å². The third-order valence-corrected chi connectivity index (χ3v) is 12.7. The zero-order valence-electron chi connectivity index (χ0n) is 33.0. The first kappa shape index (κ1) is 34.4. The SMILES string of the molecule is C1=CC2C(c3ccc(N(c4cccc(-c5cccc6c5c5ccc7ccccc7c5n6-c5ccccc5)c4)c4cccc5ccccc45)cc3)=Cc3ccccc3C2C=C1. The molecule has 0 N–H and O–H groups in total. The second-order valence-corrected chi connectivity index (χ2v) is 16.0. The maximum atomic E-state index is 2.45. The van der Waals surface area contributed by atoms with Crippen molar-refractivity contribution in [3.8, 4) is 16.8 Å². The molecule has 1 aromatic heterocycles. The number of anilines is 3. The van der Waals surface area contributed by atoms with Gasteiger partial charge in [-0.3, -0.25) is 0 Å². The molecule has 0 aliphatic heterocycles. The van der Waals surface area contributed by atoms with Gasteiger partial charge < -0.3 is 9.47 Å². The fraction of sp³-hybridized carbons (Fsp3) is 0.0345. The molecule has 2 nitrogen and oxygen atoms in total. The highest BCUT2D eigenvalue weighted by atomic mass is 15.1. The first-order chi connectivity index (χ1) is 29.8. The van der Waals surface area contributed by atoms with Crippen molar-refractivity contribution in [2.45, 2.75) is 5.92 Å². The Balaban J connectivity index is 1.04. The van der Waals surface area contributed by atoms with E-state index >= 15 is 0 Å². The van der Waals surface area contributed by atoms with E-state index in [2.05, 4.69) is 240 Å². The van der Waals surface area contributed by atoms with E-state index in [4.69, 9.17) is 0 Å². The molecule has 60 heavy (non-hydrogen) atoms. The molecule has 0 radical (unpaired) electrons. The van der Waals surface area contributed by atoms with Crippen LogP contribution in [0.2, 0.25) is 0 Å². The van der Waals surface area contributed by atoms with Gasteiger partial charge in [0.2, 0.25) is 0 Å². The van der Waals surface area contributed by atoms with Crippen LogP contribution in [0.1, 0.15) is 22.6 Å². The van der Waals surface area contributed by atoms with E-state index in [1.54, 1.807) is 0 Å². The highest BCUT2D eigenvalue weighted by molar-refractivity contribution is 6.22. The maximum Gasteiger partial charge on any atom is 0.0619 e. The number of nitrogens with zero attached hydrogens (tertiary/aromatic N) is 2. The molecular weight excluding hydrogens is 725 g/mol. The van der Waals surface area contributed by atoms with Crippen molar-refractivity contribution in [1.82, 2.24) is 4.57 Å². The lowest BCUT2D eigenvalue weighted by molar-refractivity contribution is 0.709. The summed E-state index contributed by atoms with van der Waals surface area (Å²) < 4.78 is 2.45. The lowest BCUT2D eigenvalue weighted by atomic mass is 9.71. The van der Waals surface area contributed by atoms with Crippen molar-refractivity contribution in [1.29, 1.82) is 0 Å². The van der Waals surface area contributed by atoms with Crippen molar-refractivity contribution in [2.24, 2.45) is 5.92 Å². The average Bonchev–Trinajstić information content (AvgIpc) is 3.67. The van der Waals surface area contributed by atoms with Crippen molar-refractivity contribution in [3.05, 3.63) is 241 Å². The summed E-state index contributed by atoms with van der Waals surface area (Å²) in [6.45, 7) is 0. The molecule has 1 heterocycles. The second kappa shape index (κ2) is 14.0. The number of allylic oxidation sites excluding steroid dienone is 5. The van der Waals surface area contributed by atoms with Crippen molar-refractivity contribution < 1.29 is 0 Å². The highest BCUT2D eigenvalue weighted by Gasteiger charge is 2.30. The van der Waals surface area contributed by atoms with Gasteiger partial charge in [0.1, 0.15) is 0 Å². The zero-order valence-corrected chi connectivity index (χ0v) is 33.0. The van der Waals surface area contributed by atoms with Crippen LogP contribution in [0, 0.1) is 5.92 Å². The van der Waals surface area contributed by atoms with Gasteiger partial charge in [-0.2, -0.15) is 0 Å². The number of benzene rings is 9. The van der Waals surface area contributed by atoms with Crippen molar-refractivity contribution in [3.63, 3.8) is 0 Å². The number of para-hydroxylation sites is 1. The topological polar surface area (TPSA) is 8.17 Å². The molecule has 0 saturated heterocycles. The monoisotopic (exact) mass is 764 g/mol. The van der Waals surface area contributed by atoms with E-state index < -0.39 is 0 Å². The number of hydrogen-bond acceptors (Lipinski definition) is 1. The molecule has 9 aromatic carbocycles. The Kier molecular flexibility index (Phi) is 8.02. The van der Waals surface area contributed by atoms with Gasteiger partial charge in [-0.15, -0.1) is 0 Å². The van der Waals surface area contributed by atoms with Gasteiger partial charge in [-0.05, 0) is 92.7 Å². The van der Waals surface area contributed by atoms with Crippen LogP contribution in [-0.4, -0.2) is 4.57 Å². The Morgan fingerprint density at radius 2 is 1.15 bits per heavy atom. The van der Waals surface area contributed by atoms with Gasteiger partial charge in [0, 0.05) is 50.4 Å². The zero-order chi connectivity index (χ0) is 39.6. The third kappa shape index (κ3) is 5.49. The number of aromatic nitrogens is 1. The summed E-state index contributed by atoms with van der Waals surface area (Å²) in [5.41, 5.74) is 14.7. The summed E-state index contributed by atoms with van der Waals surface area (Å²) in [5.74, 6) is 0.640. The highest BCUT2D eigenvalue weighted by Crippen LogP contribution is 2.48. The molecule has 0 bridgehead atoms. The minimum Gasteiger partial charge on any atom is -0.310 e. The molecule has 2 unspecified atom stereocenters. The first-order valence-corrected chi connectivity index (χ1v) is 20.9. The van der Waals surface area contributed by atoms with Crippen molar-refractivity contribution in [2.75, 3.05) is 4.90 Å². The van der Waals surface area contributed by atoms with Crippen LogP contribution < -0.4 is 4.90 Å².